The minimum Gasteiger partial charge on any atom is -0.492 e. The van der Waals surface area contributed by atoms with Crippen molar-refractivity contribution >= 4 is 28.0 Å². The Morgan fingerprint density at radius 3 is 2.38 bits per heavy atom. The number of sulfonamides is 1. The number of nitrogens with one attached hydrogen (secondary N) is 2. The predicted molar refractivity (Wildman–Crippen MR) is 132 cm³/mol. The van der Waals surface area contributed by atoms with E-state index in [1.54, 1.807) is 12.1 Å². The maximum Gasteiger partial charge on any atom is 0.515 e. The Balaban J connectivity index is 1.56. The highest BCUT2D eigenvalue weighted by Crippen LogP contribution is 2.14. The first-order valence-corrected chi connectivity index (χ1v) is 12.7. The highest BCUT2D eigenvalue weighted by atomic mass is 32.2. The molecule has 2 amide bonds. The van der Waals surface area contributed by atoms with Crippen LogP contribution in [0, 0.1) is 0 Å². The molecular formula is C25H25N3O8S. The van der Waals surface area contributed by atoms with Gasteiger partial charge in [0.25, 0.3) is 21.8 Å². The maximum atomic E-state index is 12.7. The summed E-state index contributed by atoms with van der Waals surface area (Å²) < 4.78 is 42.5. The van der Waals surface area contributed by atoms with E-state index in [4.69, 9.17) is 14.2 Å². The quantitative estimate of drug-likeness (QED) is 0.283. The Hall–Kier alpha value is -4.45. The third-order valence-corrected chi connectivity index (χ3v) is 5.97. The highest BCUT2D eigenvalue weighted by molar-refractivity contribution is 7.90. The summed E-state index contributed by atoms with van der Waals surface area (Å²) in [5.74, 6) is -0.918. The summed E-state index contributed by atoms with van der Waals surface area (Å²) >= 11 is 0. The second-order valence-corrected chi connectivity index (χ2v) is 9.15. The van der Waals surface area contributed by atoms with Gasteiger partial charge < -0.3 is 19.5 Å². The molecule has 3 aromatic rings. The fourth-order valence-corrected chi connectivity index (χ4v) is 3.89. The number of benzene rings is 2. The van der Waals surface area contributed by atoms with Crippen molar-refractivity contribution in [3.63, 3.8) is 0 Å². The van der Waals surface area contributed by atoms with Gasteiger partial charge in [-0.15, -0.1) is 0 Å². The van der Waals surface area contributed by atoms with Crippen LogP contribution in [-0.4, -0.2) is 51.1 Å². The van der Waals surface area contributed by atoms with Gasteiger partial charge in [-0.2, -0.15) is 0 Å². The summed E-state index contributed by atoms with van der Waals surface area (Å²) in [6.45, 7) is 2.43. The molecule has 0 bridgehead atoms. The zero-order valence-electron chi connectivity index (χ0n) is 19.9. The van der Waals surface area contributed by atoms with Crippen LogP contribution in [0.3, 0.4) is 0 Å². The molecule has 0 spiro atoms. The van der Waals surface area contributed by atoms with E-state index in [0.29, 0.717) is 12.2 Å². The molecule has 1 heterocycles. The summed E-state index contributed by atoms with van der Waals surface area (Å²) in [7, 11) is -4.30. The SMILES string of the molecule is CCCOC(=O)Oc1ccc(C(=O)NS(=O)(=O)c2cccc(C(=O)NCCOc3ccccc3)c2)cn1. The molecule has 1 aromatic heterocycles. The summed E-state index contributed by atoms with van der Waals surface area (Å²) in [6, 6.07) is 16.8. The van der Waals surface area contributed by atoms with Crippen LogP contribution in [0.4, 0.5) is 4.79 Å². The van der Waals surface area contributed by atoms with Gasteiger partial charge in [0.1, 0.15) is 12.4 Å². The summed E-state index contributed by atoms with van der Waals surface area (Å²) in [5, 5.41) is 2.65. The van der Waals surface area contributed by atoms with Crippen LogP contribution in [0.25, 0.3) is 0 Å². The second kappa shape index (κ2) is 13.0. The number of ether oxygens (including phenoxy) is 3. The normalized spacial score (nSPS) is 10.7. The second-order valence-electron chi connectivity index (χ2n) is 7.47. The first kappa shape index (κ1) is 27.1. The zero-order valence-corrected chi connectivity index (χ0v) is 20.7. The van der Waals surface area contributed by atoms with Crippen molar-refractivity contribution in [3.05, 3.63) is 84.1 Å². The van der Waals surface area contributed by atoms with Gasteiger partial charge in [0.05, 0.1) is 23.6 Å². The molecule has 37 heavy (non-hydrogen) atoms. The van der Waals surface area contributed by atoms with Crippen LogP contribution in [0.1, 0.15) is 34.1 Å². The van der Waals surface area contributed by atoms with Gasteiger partial charge in [0, 0.05) is 17.8 Å². The average molecular weight is 528 g/mol. The smallest absolute Gasteiger partial charge is 0.492 e. The molecule has 0 atom stereocenters. The number of amides is 2. The lowest BCUT2D eigenvalue weighted by atomic mass is 10.2. The Morgan fingerprint density at radius 1 is 0.892 bits per heavy atom. The molecule has 0 fully saturated rings. The minimum atomic E-state index is -4.30. The Bertz CT molecular complexity index is 1330. The van der Waals surface area contributed by atoms with Gasteiger partial charge in [-0.05, 0) is 42.8 Å². The van der Waals surface area contributed by atoms with E-state index in [9.17, 15) is 22.8 Å². The molecule has 0 saturated carbocycles. The van der Waals surface area contributed by atoms with Crippen LogP contribution < -0.4 is 19.5 Å². The Morgan fingerprint density at radius 2 is 1.68 bits per heavy atom. The van der Waals surface area contributed by atoms with Crippen LogP contribution in [-0.2, 0) is 14.8 Å². The number of aromatic nitrogens is 1. The van der Waals surface area contributed by atoms with Crippen molar-refractivity contribution < 1.29 is 37.0 Å². The molecule has 11 nitrogen and oxygen atoms in total. The van der Waals surface area contributed by atoms with E-state index < -0.39 is 28.0 Å². The maximum absolute atomic E-state index is 12.7. The molecule has 2 N–H and O–H groups in total. The molecule has 12 heteroatoms. The molecule has 3 rings (SSSR count). The lowest BCUT2D eigenvalue weighted by Gasteiger charge is -2.10. The average Bonchev–Trinajstić information content (AvgIpc) is 2.90. The van der Waals surface area contributed by atoms with E-state index in [1.807, 2.05) is 29.8 Å². The number of carbonyl (C=O) groups is 3. The van der Waals surface area contributed by atoms with E-state index in [1.165, 1.54) is 30.3 Å². The van der Waals surface area contributed by atoms with E-state index in [-0.39, 0.29) is 41.7 Å². The summed E-state index contributed by atoms with van der Waals surface area (Å²) in [6.07, 6.45) is 0.726. The number of carbonyl (C=O) groups excluding carboxylic acids is 3. The molecule has 0 saturated heterocycles. The molecule has 0 unspecified atom stereocenters. The third-order valence-electron chi connectivity index (χ3n) is 4.64. The van der Waals surface area contributed by atoms with Crippen LogP contribution in [0.15, 0.2) is 77.8 Å². The van der Waals surface area contributed by atoms with Gasteiger partial charge in [-0.1, -0.05) is 31.2 Å². The first-order valence-electron chi connectivity index (χ1n) is 11.2. The highest BCUT2D eigenvalue weighted by Gasteiger charge is 2.21. The topological polar surface area (TPSA) is 150 Å². The number of rotatable bonds is 11. The Kier molecular flexibility index (Phi) is 9.55. The van der Waals surface area contributed by atoms with E-state index in [0.717, 1.165) is 12.3 Å². The van der Waals surface area contributed by atoms with Gasteiger partial charge in [0.2, 0.25) is 5.88 Å². The van der Waals surface area contributed by atoms with Crippen molar-refractivity contribution in [2.75, 3.05) is 19.8 Å². The van der Waals surface area contributed by atoms with E-state index in [2.05, 4.69) is 10.3 Å². The molecule has 2 aromatic carbocycles. The van der Waals surface area contributed by atoms with Crippen molar-refractivity contribution in [2.24, 2.45) is 0 Å². The van der Waals surface area contributed by atoms with Crippen molar-refractivity contribution in [2.45, 2.75) is 18.2 Å². The molecular weight excluding hydrogens is 502 g/mol. The molecule has 0 aliphatic carbocycles. The van der Waals surface area contributed by atoms with Crippen molar-refractivity contribution in [1.29, 1.82) is 0 Å². The van der Waals surface area contributed by atoms with Gasteiger partial charge >= 0.3 is 6.16 Å². The number of para-hydroxylation sites is 1. The zero-order chi connectivity index (χ0) is 26.7. The summed E-state index contributed by atoms with van der Waals surface area (Å²) in [4.78, 5) is 39.9. The van der Waals surface area contributed by atoms with Crippen molar-refractivity contribution in [1.82, 2.24) is 15.0 Å². The van der Waals surface area contributed by atoms with Crippen molar-refractivity contribution in [3.8, 4) is 11.6 Å². The molecule has 0 radical (unpaired) electrons. The molecule has 194 valence electrons. The lowest BCUT2D eigenvalue weighted by Crippen LogP contribution is -2.31. The number of hydrogen-bond acceptors (Lipinski definition) is 9. The van der Waals surface area contributed by atoms with E-state index >= 15 is 0 Å². The van der Waals surface area contributed by atoms with Gasteiger partial charge in [-0.25, -0.2) is 22.9 Å². The fraction of sp³-hybridized carbons (Fsp3) is 0.200. The predicted octanol–water partition coefficient (Wildman–Crippen LogP) is 2.93. The third kappa shape index (κ3) is 8.32. The van der Waals surface area contributed by atoms with Gasteiger partial charge in [0.15, 0.2) is 0 Å². The van der Waals surface area contributed by atoms with Gasteiger partial charge in [-0.3, -0.25) is 9.59 Å². The number of nitrogens with zero attached hydrogens (tertiary/aromatic N) is 1. The molecule has 0 aliphatic heterocycles. The largest absolute Gasteiger partial charge is 0.515 e. The Labute approximate surface area is 213 Å². The number of hydrogen-bond donors (Lipinski definition) is 2. The monoisotopic (exact) mass is 527 g/mol. The standard InChI is InChI=1S/C25H25N3O8S/c1-2-14-35-25(31)36-22-12-11-19(17-27-22)24(30)28-37(32,33)21-10-6-7-18(16-21)23(29)26-13-15-34-20-8-4-3-5-9-20/h3-12,16-17H,2,13-15H2,1H3,(H,26,29)(H,28,30). The van der Waals surface area contributed by atoms with Crippen LogP contribution >= 0.6 is 0 Å². The van der Waals surface area contributed by atoms with Crippen LogP contribution in [0.5, 0.6) is 11.6 Å². The fourth-order valence-electron chi connectivity index (χ4n) is 2.87. The van der Waals surface area contributed by atoms with Crippen LogP contribution in [0.2, 0.25) is 0 Å². The first-order chi connectivity index (χ1) is 17.8. The minimum absolute atomic E-state index is 0.0909. The number of pyridine rings is 1. The molecule has 0 aliphatic rings. The lowest BCUT2D eigenvalue weighted by molar-refractivity contribution is 0.0943. The summed E-state index contributed by atoms with van der Waals surface area (Å²) in [5.41, 5.74) is -0.00155.